The highest BCUT2D eigenvalue weighted by atomic mass is 32.1. The average Bonchev–Trinajstić information content (AvgIpc) is 3.19. The third-order valence-electron chi connectivity index (χ3n) is 5.78. The summed E-state index contributed by atoms with van der Waals surface area (Å²) in [4.78, 5) is 42.5. The third kappa shape index (κ3) is 5.23. The number of carbonyl (C=O) groups is 1. The van der Waals surface area contributed by atoms with E-state index in [-0.39, 0.29) is 23.4 Å². The number of nitrogens with zero attached hydrogens (tertiary/aromatic N) is 3. The second-order valence-electron chi connectivity index (χ2n) is 8.23. The van der Waals surface area contributed by atoms with E-state index in [1.165, 1.54) is 16.7 Å². The van der Waals surface area contributed by atoms with Crippen molar-refractivity contribution in [3.63, 3.8) is 0 Å². The largest absolute Gasteiger partial charge is 0.490 e. The minimum Gasteiger partial charge on any atom is -0.490 e. The summed E-state index contributed by atoms with van der Waals surface area (Å²) in [7, 11) is 0. The lowest BCUT2D eigenvalue weighted by Gasteiger charge is -2.25. The average molecular weight is 538 g/mol. The van der Waals surface area contributed by atoms with Crippen LogP contribution in [0.3, 0.4) is 0 Å². The Hall–Kier alpha value is -4.25. The molecule has 11 heteroatoms. The van der Waals surface area contributed by atoms with Crippen LogP contribution in [0.25, 0.3) is 6.08 Å². The van der Waals surface area contributed by atoms with Crippen LogP contribution in [0.2, 0.25) is 0 Å². The highest BCUT2D eigenvalue weighted by Gasteiger charge is 2.34. The molecule has 1 aliphatic rings. The molecule has 0 unspecified atom stereocenters. The number of nitro groups is 1. The second-order valence-corrected chi connectivity index (χ2v) is 9.24. The van der Waals surface area contributed by atoms with E-state index >= 15 is 0 Å². The van der Waals surface area contributed by atoms with Gasteiger partial charge in [0, 0.05) is 12.1 Å². The predicted molar refractivity (Wildman–Crippen MR) is 142 cm³/mol. The minimum atomic E-state index is -0.826. The number of rotatable bonds is 9. The SMILES string of the molecule is CCOC(=O)C1=C(C)N=c2s/c(=C\c3cccc([N+](=O)[O-])c3)c(=O)n2[C@H]1c1ccc(OCC)c(OCC)c1. The zero-order valence-electron chi connectivity index (χ0n) is 21.4. The maximum absolute atomic E-state index is 13.8. The van der Waals surface area contributed by atoms with Gasteiger partial charge in [0.1, 0.15) is 0 Å². The van der Waals surface area contributed by atoms with Gasteiger partial charge in [0.2, 0.25) is 0 Å². The fourth-order valence-corrected chi connectivity index (χ4v) is 5.27. The standard InChI is InChI=1S/C27H27N3O7S/c1-5-35-20-12-11-18(15-21(20)36-6-2)24-23(26(32)37-7-3)16(4)28-27-29(24)25(31)22(38-27)14-17-9-8-10-19(13-17)30(33)34/h8-15,24H,5-7H2,1-4H3/b22-14-/t24-/m0/s1. The lowest BCUT2D eigenvalue weighted by atomic mass is 9.95. The van der Waals surface area contributed by atoms with Crippen molar-refractivity contribution < 1.29 is 23.9 Å². The number of carbonyl (C=O) groups excluding carboxylic acids is 1. The first-order valence-corrected chi connectivity index (χ1v) is 12.9. The molecule has 0 fully saturated rings. The summed E-state index contributed by atoms with van der Waals surface area (Å²) in [5.74, 6) is 0.469. The fraction of sp³-hybridized carbons (Fsp3) is 0.296. The van der Waals surface area contributed by atoms with Gasteiger partial charge in [-0.1, -0.05) is 29.5 Å². The van der Waals surface area contributed by atoms with E-state index in [0.29, 0.717) is 50.9 Å². The van der Waals surface area contributed by atoms with Gasteiger partial charge >= 0.3 is 5.97 Å². The number of benzene rings is 2. The summed E-state index contributed by atoms with van der Waals surface area (Å²) >= 11 is 1.14. The van der Waals surface area contributed by atoms with Crippen LogP contribution >= 0.6 is 11.3 Å². The minimum absolute atomic E-state index is 0.0808. The molecule has 198 valence electrons. The number of non-ortho nitro benzene ring substituents is 1. The van der Waals surface area contributed by atoms with Crippen LogP contribution in [0.5, 0.6) is 11.5 Å². The van der Waals surface area contributed by atoms with E-state index in [2.05, 4.69) is 4.99 Å². The Morgan fingerprint density at radius 1 is 1.11 bits per heavy atom. The van der Waals surface area contributed by atoms with Gasteiger partial charge in [-0.3, -0.25) is 19.5 Å². The van der Waals surface area contributed by atoms with Crippen LogP contribution in [0.1, 0.15) is 44.9 Å². The normalized spacial score (nSPS) is 15.1. The maximum atomic E-state index is 13.8. The first-order chi connectivity index (χ1) is 18.3. The Labute approximate surface area is 222 Å². The van der Waals surface area contributed by atoms with E-state index in [1.54, 1.807) is 50.3 Å². The number of allylic oxidation sites excluding steroid dienone is 1. The van der Waals surface area contributed by atoms with Gasteiger partial charge in [0.25, 0.3) is 11.2 Å². The van der Waals surface area contributed by atoms with Crippen LogP contribution in [-0.2, 0) is 9.53 Å². The first-order valence-electron chi connectivity index (χ1n) is 12.1. The third-order valence-corrected chi connectivity index (χ3v) is 6.76. The predicted octanol–water partition coefficient (Wildman–Crippen LogP) is 3.50. The number of aromatic nitrogens is 1. The van der Waals surface area contributed by atoms with Crippen LogP contribution in [0.4, 0.5) is 5.69 Å². The van der Waals surface area contributed by atoms with Gasteiger partial charge in [-0.2, -0.15) is 0 Å². The quantitative estimate of drug-likeness (QED) is 0.233. The van der Waals surface area contributed by atoms with Crippen molar-refractivity contribution in [2.75, 3.05) is 19.8 Å². The summed E-state index contributed by atoms with van der Waals surface area (Å²) in [6.45, 7) is 8.14. The number of ether oxygens (including phenoxy) is 3. The zero-order chi connectivity index (χ0) is 27.4. The van der Waals surface area contributed by atoms with Crippen molar-refractivity contribution >= 4 is 29.1 Å². The van der Waals surface area contributed by atoms with Gasteiger partial charge in [0.15, 0.2) is 16.3 Å². The van der Waals surface area contributed by atoms with Crippen molar-refractivity contribution in [3.05, 3.63) is 94.7 Å². The van der Waals surface area contributed by atoms with Gasteiger partial charge < -0.3 is 14.2 Å². The maximum Gasteiger partial charge on any atom is 0.338 e. The lowest BCUT2D eigenvalue weighted by molar-refractivity contribution is -0.384. The summed E-state index contributed by atoms with van der Waals surface area (Å²) < 4.78 is 18.6. The summed E-state index contributed by atoms with van der Waals surface area (Å²) in [5, 5.41) is 11.2. The Morgan fingerprint density at radius 2 is 1.84 bits per heavy atom. The molecule has 0 aliphatic carbocycles. The monoisotopic (exact) mass is 537 g/mol. The Morgan fingerprint density at radius 3 is 2.53 bits per heavy atom. The number of esters is 1. The Bertz CT molecular complexity index is 1600. The second kappa shape index (κ2) is 11.4. The van der Waals surface area contributed by atoms with Crippen molar-refractivity contribution in [2.24, 2.45) is 4.99 Å². The summed E-state index contributed by atoms with van der Waals surface area (Å²) in [5.41, 5.74) is 1.34. The van der Waals surface area contributed by atoms with Crippen LogP contribution < -0.4 is 24.4 Å². The molecule has 0 saturated heterocycles. The number of fused-ring (bicyclic) bond motifs is 1. The molecule has 3 aromatic rings. The van der Waals surface area contributed by atoms with Gasteiger partial charge in [-0.25, -0.2) is 9.79 Å². The van der Waals surface area contributed by atoms with Crippen molar-refractivity contribution in [2.45, 2.75) is 33.7 Å². The molecule has 1 aromatic heterocycles. The van der Waals surface area contributed by atoms with E-state index in [4.69, 9.17) is 14.2 Å². The van der Waals surface area contributed by atoms with E-state index in [9.17, 15) is 19.7 Å². The van der Waals surface area contributed by atoms with Gasteiger partial charge in [0.05, 0.1) is 46.6 Å². The van der Waals surface area contributed by atoms with Crippen molar-refractivity contribution in [1.82, 2.24) is 4.57 Å². The van der Waals surface area contributed by atoms with E-state index in [0.717, 1.165) is 11.3 Å². The number of thiazole rings is 1. The molecule has 0 saturated carbocycles. The van der Waals surface area contributed by atoms with Crippen molar-refractivity contribution in [1.29, 1.82) is 0 Å². The van der Waals surface area contributed by atoms with Crippen LogP contribution in [0, 0.1) is 10.1 Å². The van der Waals surface area contributed by atoms with Gasteiger partial charge in [-0.05, 0) is 57.0 Å². The van der Waals surface area contributed by atoms with Crippen molar-refractivity contribution in [3.8, 4) is 11.5 Å². The van der Waals surface area contributed by atoms with Crippen LogP contribution in [0.15, 0.2) is 63.5 Å². The first kappa shape index (κ1) is 26.8. The van der Waals surface area contributed by atoms with E-state index < -0.39 is 16.9 Å². The molecular weight excluding hydrogens is 510 g/mol. The zero-order valence-corrected chi connectivity index (χ0v) is 22.2. The molecule has 1 atom stereocenters. The molecule has 0 bridgehead atoms. The highest BCUT2D eigenvalue weighted by molar-refractivity contribution is 7.07. The lowest BCUT2D eigenvalue weighted by Crippen LogP contribution is -2.40. The molecule has 1 aliphatic heterocycles. The summed E-state index contributed by atoms with van der Waals surface area (Å²) in [6.07, 6.45) is 1.58. The molecule has 38 heavy (non-hydrogen) atoms. The molecule has 2 heterocycles. The molecule has 10 nitrogen and oxygen atoms in total. The Kier molecular flexibility index (Phi) is 8.06. The van der Waals surface area contributed by atoms with Gasteiger partial charge in [-0.15, -0.1) is 0 Å². The van der Waals surface area contributed by atoms with E-state index in [1.807, 2.05) is 13.8 Å². The molecular formula is C27H27N3O7S. The molecule has 0 N–H and O–H groups in total. The molecule has 0 spiro atoms. The smallest absolute Gasteiger partial charge is 0.338 e. The number of hydrogen-bond donors (Lipinski definition) is 0. The molecule has 2 aromatic carbocycles. The van der Waals surface area contributed by atoms with Crippen LogP contribution in [-0.4, -0.2) is 35.3 Å². The molecule has 4 rings (SSSR count). The Balaban J connectivity index is 1.95. The topological polar surface area (TPSA) is 122 Å². The summed E-state index contributed by atoms with van der Waals surface area (Å²) in [6, 6.07) is 10.5. The highest BCUT2D eigenvalue weighted by Crippen LogP contribution is 2.36. The number of nitro benzene ring substituents is 1. The fourth-order valence-electron chi connectivity index (χ4n) is 4.22. The number of hydrogen-bond acceptors (Lipinski definition) is 9. The molecule has 0 amide bonds. The molecule has 0 radical (unpaired) electrons.